The number of aryl methyl sites for hydroxylation is 1. The van der Waals surface area contributed by atoms with Gasteiger partial charge in [-0.15, -0.1) is 0 Å². The normalized spacial score (nSPS) is 11.7. The summed E-state index contributed by atoms with van der Waals surface area (Å²) in [7, 11) is 1.73. The molecule has 0 aliphatic rings. The zero-order chi connectivity index (χ0) is 15.5. The van der Waals surface area contributed by atoms with E-state index in [-0.39, 0.29) is 5.54 Å². The lowest BCUT2D eigenvalue weighted by Gasteiger charge is -2.21. The van der Waals surface area contributed by atoms with E-state index in [1.165, 1.54) is 16.8 Å². The molecule has 0 bridgehead atoms. The van der Waals surface area contributed by atoms with Crippen LogP contribution in [0.5, 0.6) is 5.75 Å². The van der Waals surface area contributed by atoms with Gasteiger partial charge in [0.25, 0.3) is 0 Å². The van der Waals surface area contributed by atoms with Crippen LogP contribution in [0.2, 0.25) is 0 Å². The van der Waals surface area contributed by atoms with Crippen molar-refractivity contribution >= 4 is 0 Å². The number of aromatic nitrogens is 1. The molecule has 0 radical (unpaired) electrons. The summed E-state index contributed by atoms with van der Waals surface area (Å²) in [5, 5.41) is 3.54. The Labute approximate surface area is 127 Å². The van der Waals surface area contributed by atoms with Crippen LogP contribution in [0.3, 0.4) is 0 Å². The summed E-state index contributed by atoms with van der Waals surface area (Å²) in [5.74, 6) is 0.948. The van der Waals surface area contributed by atoms with E-state index >= 15 is 0 Å². The summed E-state index contributed by atoms with van der Waals surface area (Å²) >= 11 is 0. The van der Waals surface area contributed by atoms with Gasteiger partial charge in [0.1, 0.15) is 5.75 Å². The lowest BCUT2D eigenvalue weighted by atomic mass is 10.1. The molecule has 2 aromatic rings. The molecule has 1 aromatic carbocycles. The van der Waals surface area contributed by atoms with Crippen molar-refractivity contribution in [3.05, 3.63) is 53.3 Å². The Morgan fingerprint density at radius 1 is 1.19 bits per heavy atom. The van der Waals surface area contributed by atoms with Crippen LogP contribution in [0.25, 0.3) is 0 Å². The van der Waals surface area contributed by atoms with Crippen molar-refractivity contribution in [3.8, 4) is 5.75 Å². The average Bonchev–Trinajstić information content (AvgIpc) is 2.83. The van der Waals surface area contributed by atoms with Gasteiger partial charge < -0.3 is 14.6 Å². The minimum Gasteiger partial charge on any atom is -0.496 e. The van der Waals surface area contributed by atoms with E-state index in [0.717, 1.165) is 18.8 Å². The van der Waals surface area contributed by atoms with Crippen molar-refractivity contribution in [3.63, 3.8) is 0 Å². The second-order valence-electron chi connectivity index (χ2n) is 6.55. The number of hydrogen-bond donors (Lipinski definition) is 1. The molecule has 0 aliphatic heterocycles. The maximum atomic E-state index is 5.47. The van der Waals surface area contributed by atoms with E-state index in [0.29, 0.717) is 0 Å². The molecule has 0 aliphatic carbocycles. The molecular formula is C18H26N2O. The Bertz CT molecular complexity index is 594. The SMILES string of the molecule is COc1ccc(C)cc1Cn1cccc1CNC(C)(C)C. The van der Waals surface area contributed by atoms with Crippen molar-refractivity contribution in [2.75, 3.05) is 7.11 Å². The number of ether oxygens (including phenoxy) is 1. The summed E-state index contributed by atoms with van der Waals surface area (Å²) in [6.45, 7) is 10.4. The molecule has 3 nitrogen and oxygen atoms in total. The first kappa shape index (κ1) is 15.6. The van der Waals surface area contributed by atoms with Crippen molar-refractivity contribution in [1.82, 2.24) is 9.88 Å². The fourth-order valence-corrected chi connectivity index (χ4v) is 2.33. The number of benzene rings is 1. The van der Waals surface area contributed by atoms with Crippen LogP contribution in [-0.2, 0) is 13.1 Å². The minimum atomic E-state index is 0.121. The zero-order valence-electron chi connectivity index (χ0n) is 13.7. The third kappa shape index (κ3) is 4.36. The lowest BCUT2D eigenvalue weighted by Crippen LogP contribution is -2.35. The Morgan fingerprint density at radius 3 is 2.62 bits per heavy atom. The summed E-state index contributed by atoms with van der Waals surface area (Å²) in [5.41, 5.74) is 3.88. The topological polar surface area (TPSA) is 26.2 Å². The van der Waals surface area contributed by atoms with E-state index < -0.39 is 0 Å². The van der Waals surface area contributed by atoms with Crippen LogP contribution in [0.4, 0.5) is 0 Å². The standard InChI is InChI=1S/C18H26N2O/c1-14-8-9-17(21-5)15(11-14)13-20-10-6-7-16(20)12-19-18(2,3)4/h6-11,19H,12-13H2,1-5H3. The number of rotatable bonds is 5. The molecule has 2 rings (SSSR count). The van der Waals surface area contributed by atoms with Gasteiger partial charge >= 0.3 is 0 Å². The van der Waals surface area contributed by atoms with E-state index in [2.05, 4.69) is 68.0 Å². The van der Waals surface area contributed by atoms with Gasteiger partial charge in [-0.2, -0.15) is 0 Å². The second kappa shape index (κ2) is 6.35. The van der Waals surface area contributed by atoms with E-state index in [1.54, 1.807) is 7.11 Å². The first-order valence-corrected chi connectivity index (χ1v) is 7.41. The molecule has 114 valence electrons. The molecule has 1 aromatic heterocycles. The van der Waals surface area contributed by atoms with Crippen LogP contribution in [0, 0.1) is 6.92 Å². The molecule has 0 saturated heterocycles. The molecule has 0 saturated carbocycles. The largest absolute Gasteiger partial charge is 0.496 e. The number of nitrogens with one attached hydrogen (secondary N) is 1. The zero-order valence-corrected chi connectivity index (χ0v) is 13.7. The molecule has 0 fully saturated rings. The third-order valence-electron chi connectivity index (χ3n) is 3.50. The van der Waals surface area contributed by atoms with Gasteiger partial charge in [0, 0.05) is 29.5 Å². The van der Waals surface area contributed by atoms with Crippen molar-refractivity contribution in [1.29, 1.82) is 0 Å². The Balaban J connectivity index is 2.17. The number of methoxy groups -OCH3 is 1. The maximum absolute atomic E-state index is 5.47. The van der Waals surface area contributed by atoms with Crippen molar-refractivity contribution < 1.29 is 4.74 Å². The van der Waals surface area contributed by atoms with Gasteiger partial charge in [-0.3, -0.25) is 0 Å². The van der Waals surface area contributed by atoms with Gasteiger partial charge in [0.15, 0.2) is 0 Å². The molecule has 0 amide bonds. The van der Waals surface area contributed by atoms with Gasteiger partial charge in [0.2, 0.25) is 0 Å². The highest BCUT2D eigenvalue weighted by Gasteiger charge is 2.11. The molecule has 3 heteroatoms. The lowest BCUT2D eigenvalue weighted by molar-refractivity contribution is 0.405. The van der Waals surface area contributed by atoms with Crippen molar-refractivity contribution in [2.24, 2.45) is 0 Å². The summed E-state index contributed by atoms with van der Waals surface area (Å²) < 4.78 is 7.75. The van der Waals surface area contributed by atoms with Gasteiger partial charge in [-0.05, 0) is 45.9 Å². The monoisotopic (exact) mass is 286 g/mol. The molecule has 1 N–H and O–H groups in total. The molecule has 0 atom stereocenters. The average molecular weight is 286 g/mol. The van der Waals surface area contributed by atoms with Crippen LogP contribution < -0.4 is 10.1 Å². The molecule has 21 heavy (non-hydrogen) atoms. The Morgan fingerprint density at radius 2 is 1.95 bits per heavy atom. The molecule has 0 unspecified atom stereocenters. The molecule has 1 heterocycles. The molecule has 0 spiro atoms. The highest BCUT2D eigenvalue weighted by Crippen LogP contribution is 2.21. The summed E-state index contributed by atoms with van der Waals surface area (Å²) in [6.07, 6.45) is 2.13. The fourth-order valence-electron chi connectivity index (χ4n) is 2.33. The highest BCUT2D eigenvalue weighted by molar-refractivity contribution is 5.37. The Kier molecular flexibility index (Phi) is 4.73. The predicted molar refractivity (Wildman–Crippen MR) is 87.9 cm³/mol. The second-order valence-corrected chi connectivity index (χ2v) is 6.55. The summed E-state index contributed by atoms with van der Waals surface area (Å²) in [4.78, 5) is 0. The first-order chi connectivity index (χ1) is 9.89. The molecular weight excluding hydrogens is 260 g/mol. The smallest absolute Gasteiger partial charge is 0.123 e. The third-order valence-corrected chi connectivity index (χ3v) is 3.50. The van der Waals surface area contributed by atoms with Gasteiger partial charge in [-0.25, -0.2) is 0 Å². The van der Waals surface area contributed by atoms with E-state index in [4.69, 9.17) is 4.74 Å². The van der Waals surface area contributed by atoms with E-state index in [1.807, 2.05) is 6.07 Å². The van der Waals surface area contributed by atoms with Gasteiger partial charge in [0.05, 0.1) is 13.7 Å². The van der Waals surface area contributed by atoms with E-state index in [9.17, 15) is 0 Å². The van der Waals surface area contributed by atoms with Crippen LogP contribution in [0.15, 0.2) is 36.5 Å². The van der Waals surface area contributed by atoms with Crippen LogP contribution in [0.1, 0.15) is 37.6 Å². The number of hydrogen-bond acceptors (Lipinski definition) is 2. The minimum absolute atomic E-state index is 0.121. The quantitative estimate of drug-likeness (QED) is 0.906. The Hall–Kier alpha value is -1.74. The van der Waals surface area contributed by atoms with Crippen molar-refractivity contribution in [2.45, 2.75) is 46.3 Å². The fraction of sp³-hybridized carbons (Fsp3) is 0.444. The number of nitrogens with zero attached hydrogens (tertiary/aromatic N) is 1. The predicted octanol–water partition coefficient (Wildman–Crippen LogP) is 3.74. The highest BCUT2D eigenvalue weighted by atomic mass is 16.5. The summed E-state index contributed by atoms with van der Waals surface area (Å²) in [6, 6.07) is 10.6. The van der Waals surface area contributed by atoms with Crippen LogP contribution in [-0.4, -0.2) is 17.2 Å². The maximum Gasteiger partial charge on any atom is 0.123 e. The van der Waals surface area contributed by atoms with Crippen LogP contribution >= 0.6 is 0 Å². The first-order valence-electron chi connectivity index (χ1n) is 7.41. The van der Waals surface area contributed by atoms with Gasteiger partial charge in [-0.1, -0.05) is 17.7 Å².